The van der Waals surface area contributed by atoms with Crippen molar-refractivity contribution in [1.82, 2.24) is 9.96 Å². The molecule has 0 spiro atoms. The van der Waals surface area contributed by atoms with Crippen molar-refractivity contribution in [2.45, 2.75) is 39.5 Å². The van der Waals surface area contributed by atoms with Crippen molar-refractivity contribution in [2.24, 2.45) is 0 Å². The normalized spacial score (nSPS) is 13.6. The van der Waals surface area contributed by atoms with Crippen LogP contribution in [-0.4, -0.2) is 30.1 Å². The Morgan fingerprint density at radius 2 is 1.82 bits per heavy atom. The summed E-state index contributed by atoms with van der Waals surface area (Å²) in [5.41, 5.74) is 0. The lowest BCUT2D eigenvalue weighted by molar-refractivity contribution is 0.648. The first-order valence-electron chi connectivity index (χ1n) is 4.40. The van der Waals surface area contributed by atoms with Gasteiger partial charge in [-0.1, -0.05) is 33.5 Å². The number of nitrogens with one attached hydrogen (secondary N) is 2. The van der Waals surface area contributed by atoms with E-state index >= 15 is 0 Å². The summed E-state index contributed by atoms with van der Waals surface area (Å²) < 4.78 is 3.69. The van der Waals surface area contributed by atoms with Crippen molar-refractivity contribution in [1.29, 1.82) is 0 Å². The fourth-order valence-corrected chi connectivity index (χ4v) is 5.02. The maximum absolute atomic E-state index is 3.69. The first-order valence-corrected chi connectivity index (χ1v) is 9.61. The van der Waals surface area contributed by atoms with Gasteiger partial charge in [0.1, 0.15) is 8.24 Å². The number of hydrogen-bond acceptors (Lipinski definition) is 2. The Balaban J connectivity index is 3.15. The minimum Gasteiger partial charge on any atom is -0.364 e. The molecule has 0 radical (unpaired) electrons. The standard InChI is InChI=1S/C7H22N2Si2/c1-7(2)8-6-10-9-11(3,4)5/h7-9H,6,10H2,1-5H3. The van der Waals surface area contributed by atoms with Crippen molar-refractivity contribution < 1.29 is 0 Å². The van der Waals surface area contributed by atoms with Crippen molar-refractivity contribution in [2.75, 3.05) is 6.17 Å². The molecule has 0 unspecified atom stereocenters. The van der Waals surface area contributed by atoms with E-state index in [-0.39, 0.29) is 9.68 Å². The first kappa shape index (κ1) is 11.4. The summed E-state index contributed by atoms with van der Waals surface area (Å²) in [6, 6.07) is 0.644. The van der Waals surface area contributed by atoms with Gasteiger partial charge in [-0.05, 0) is 6.17 Å². The molecule has 0 amide bonds. The molecule has 0 heterocycles. The quantitative estimate of drug-likeness (QED) is 0.486. The second-order valence-electron chi connectivity index (χ2n) is 4.29. The molecule has 2 N–H and O–H groups in total. The van der Waals surface area contributed by atoms with E-state index in [1.54, 1.807) is 0 Å². The predicted octanol–water partition coefficient (Wildman–Crippen LogP) is 0.450. The summed E-state index contributed by atoms with van der Waals surface area (Å²) in [6.07, 6.45) is 1.22. The van der Waals surface area contributed by atoms with E-state index in [2.05, 4.69) is 43.5 Å². The second-order valence-corrected chi connectivity index (χ2v) is 11.2. The van der Waals surface area contributed by atoms with Crippen LogP contribution in [-0.2, 0) is 0 Å². The van der Waals surface area contributed by atoms with E-state index in [1.165, 1.54) is 6.17 Å². The summed E-state index contributed by atoms with van der Waals surface area (Å²) in [5.74, 6) is 0. The van der Waals surface area contributed by atoms with Crippen LogP contribution in [0.25, 0.3) is 0 Å². The highest BCUT2D eigenvalue weighted by molar-refractivity contribution is 6.79. The Kier molecular flexibility index (Phi) is 5.24. The van der Waals surface area contributed by atoms with Gasteiger partial charge in [-0.25, -0.2) is 0 Å². The van der Waals surface area contributed by atoms with Gasteiger partial charge in [-0.3, -0.25) is 0 Å². The average molecular weight is 190 g/mol. The van der Waals surface area contributed by atoms with Gasteiger partial charge in [0.2, 0.25) is 0 Å². The van der Waals surface area contributed by atoms with Crippen LogP contribution in [0.5, 0.6) is 0 Å². The molecule has 0 aromatic rings. The van der Waals surface area contributed by atoms with E-state index in [0.717, 1.165) is 0 Å². The van der Waals surface area contributed by atoms with E-state index in [0.29, 0.717) is 6.04 Å². The van der Waals surface area contributed by atoms with Crippen LogP contribution in [0.2, 0.25) is 19.6 Å². The summed E-state index contributed by atoms with van der Waals surface area (Å²) >= 11 is 0. The summed E-state index contributed by atoms with van der Waals surface area (Å²) in [5, 5.41) is 3.44. The van der Waals surface area contributed by atoms with Gasteiger partial charge in [0.25, 0.3) is 0 Å². The lowest BCUT2D eigenvalue weighted by Gasteiger charge is -2.18. The lowest BCUT2D eigenvalue weighted by atomic mass is 10.4. The Morgan fingerprint density at radius 3 is 2.18 bits per heavy atom. The molecular formula is C7H22N2Si2. The SMILES string of the molecule is CC(C)NC[SiH2]N[Si](C)(C)C. The van der Waals surface area contributed by atoms with Gasteiger partial charge in [-0.15, -0.1) is 0 Å². The number of rotatable bonds is 5. The Hall–Kier alpha value is 0.354. The van der Waals surface area contributed by atoms with E-state index < -0.39 is 8.24 Å². The van der Waals surface area contributed by atoms with Gasteiger partial charge in [-0.2, -0.15) is 0 Å². The first-order chi connectivity index (χ1) is 4.92. The third-order valence-corrected chi connectivity index (χ3v) is 7.11. The molecule has 0 saturated heterocycles. The topological polar surface area (TPSA) is 24.1 Å². The highest BCUT2D eigenvalue weighted by atomic mass is 28.4. The molecule has 0 rings (SSSR count). The van der Waals surface area contributed by atoms with Crippen LogP contribution < -0.4 is 9.96 Å². The summed E-state index contributed by atoms with van der Waals surface area (Å²) in [7, 11) is -0.993. The third kappa shape index (κ3) is 10.4. The van der Waals surface area contributed by atoms with Crippen molar-refractivity contribution in [3.05, 3.63) is 0 Å². The maximum atomic E-state index is 3.69. The fraction of sp³-hybridized carbons (Fsp3) is 1.00. The molecule has 0 saturated carbocycles. The largest absolute Gasteiger partial charge is 0.364 e. The fourth-order valence-electron chi connectivity index (χ4n) is 0.798. The molecule has 0 aliphatic carbocycles. The summed E-state index contributed by atoms with van der Waals surface area (Å²) in [6.45, 7) is 11.5. The monoisotopic (exact) mass is 190 g/mol. The molecule has 0 bridgehead atoms. The Bertz CT molecular complexity index is 99.1. The van der Waals surface area contributed by atoms with Crippen LogP contribution in [0.1, 0.15) is 13.8 Å². The smallest absolute Gasteiger partial charge is 0.109 e. The minimum absolute atomic E-state index is 0.0351. The number of hydrogen-bond donors (Lipinski definition) is 2. The zero-order valence-corrected chi connectivity index (χ0v) is 10.9. The minimum atomic E-state index is -0.957. The predicted molar refractivity (Wildman–Crippen MR) is 58.2 cm³/mol. The van der Waals surface area contributed by atoms with Crippen LogP contribution in [0.3, 0.4) is 0 Å². The molecule has 68 valence electrons. The molecule has 0 aliphatic rings. The molecule has 0 aliphatic heterocycles. The zero-order chi connectivity index (χ0) is 8.91. The van der Waals surface area contributed by atoms with Gasteiger partial charge < -0.3 is 9.96 Å². The highest BCUT2D eigenvalue weighted by Gasteiger charge is 2.10. The van der Waals surface area contributed by atoms with Gasteiger partial charge in [0.15, 0.2) is 0 Å². The van der Waals surface area contributed by atoms with Crippen molar-refractivity contribution >= 4 is 17.9 Å². The van der Waals surface area contributed by atoms with E-state index in [1.807, 2.05) is 0 Å². The average Bonchev–Trinajstić information content (AvgIpc) is 1.78. The Labute approximate surface area is 74.1 Å². The molecule has 2 nitrogen and oxygen atoms in total. The van der Waals surface area contributed by atoms with Crippen molar-refractivity contribution in [3.63, 3.8) is 0 Å². The Morgan fingerprint density at radius 1 is 1.27 bits per heavy atom. The molecule has 11 heavy (non-hydrogen) atoms. The second kappa shape index (κ2) is 5.08. The lowest BCUT2D eigenvalue weighted by Crippen LogP contribution is -2.47. The summed E-state index contributed by atoms with van der Waals surface area (Å²) in [4.78, 5) is 0. The van der Waals surface area contributed by atoms with Crippen LogP contribution >= 0.6 is 0 Å². The molecule has 0 aromatic heterocycles. The van der Waals surface area contributed by atoms with Crippen LogP contribution in [0.15, 0.2) is 0 Å². The van der Waals surface area contributed by atoms with Gasteiger partial charge >= 0.3 is 0 Å². The molecule has 0 atom stereocenters. The van der Waals surface area contributed by atoms with Crippen molar-refractivity contribution in [3.8, 4) is 0 Å². The molecule has 0 aromatic carbocycles. The maximum Gasteiger partial charge on any atom is 0.109 e. The molecule has 0 fully saturated rings. The van der Waals surface area contributed by atoms with Gasteiger partial charge in [0, 0.05) is 6.04 Å². The van der Waals surface area contributed by atoms with E-state index in [9.17, 15) is 0 Å². The molecular weight excluding hydrogens is 168 g/mol. The van der Waals surface area contributed by atoms with Crippen LogP contribution in [0.4, 0.5) is 0 Å². The highest BCUT2D eigenvalue weighted by Crippen LogP contribution is 1.91. The van der Waals surface area contributed by atoms with Gasteiger partial charge in [0.05, 0.1) is 9.68 Å². The van der Waals surface area contributed by atoms with E-state index in [4.69, 9.17) is 0 Å². The zero-order valence-electron chi connectivity index (χ0n) is 8.49. The molecule has 4 heteroatoms. The third-order valence-electron chi connectivity index (χ3n) is 1.33. The van der Waals surface area contributed by atoms with Crippen LogP contribution in [0, 0.1) is 0 Å².